The number of nitrogens with zero attached hydrogens (tertiary/aromatic N) is 1. The Morgan fingerprint density at radius 3 is 2.86 bits per heavy atom. The third-order valence-electron chi connectivity index (χ3n) is 1.84. The molecule has 0 unspecified atom stereocenters. The fourth-order valence-electron chi connectivity index (χ4n) is 1.14. The van der Waals surface area contributed by atoms with Crippen molar-refractivity contribution in [3.8, 4) is 5.06 Å². The van der Waals surface area contributed by atoms with Gasteiger partial charge in [-0.2, -0.15) is 0 Å². The molecule has 72 valence electrons. The lowest BCUT2D eigenvalue weighted by molar-refractivity contribution is 0.0731. The van der Waals surface area contributed by atoms with Crippen molar-refractivity contribution >= 4 is 17.3 Å². The third kappa shape index (κ3) is 1.70. The van der Waals surface area contributed by atoms with Crippen molar-refractivity contribution in [1.82, 2.24) is 4.57 Å². The Balaban J connectivity index is 2.14. The van der Waals surface area contributed by atoms with Gasteiger partial charge in [0, 0.05) is 13.2 Å². The molecule has 0 fully saturated rings. The second kappa shape index (κ2) is 3.67. The smallest absolute Gasteiger partial charge is 0.361 e. The van der Waals surface area contributed by atoms with Crippen molar-refractivity contribution in [3.05, 3.63) is 41.5 Å². The average Bonchev–Trinajstić information content (AvgIpc) is 2.75. The minimum Gasteiger partial charge on any atom is -0.411 e. The van der Waals surface area contributed by atoms with Crippen molar-refractivity contribution in [2.24, 2.45) is 7.05 Å². The van der Waals surface area contributed by atoms with Crippen molar-refractivity contribution in [2.75, 3.05) is 0 Å². The summed E-state index contributed by atoms with van der Waals surface area (Å²) in [5.41, 5.74) is 0.554. The van der Waals surface area contributed by atoms with Crippen molar-refractivity contribution in [1.29, 1.82) is 0 Å². The Bertz CT molecular complexity index is 431. The van der Waals surface area contributed by atoms with Crippen LogP contribution in [0.3, 0.4) is 0 Å². The molecule has 0 bridgehead atoms. The van der Waals surface area contributed by atoms with E-state index in [0.717, 1.165) is 0 Å². The first-order valence-electron chi connectivity index (χ1n) is 4.14. The van der Waals surface area contributed by atoms with E-state index in [1.807, 2.05) is 30.8 Å². The van der Waals surface area contributed by atoms with Crippen molar-refractivity contribution < 1.29 is 9.53 Å². The van der Waals surface area contributed by atoms with E-state index in [9.17, 15) is 4.79 Å². The second-order valence-electron chi connectivity index (χ2n) is 2.83. The van der Waals surface area contributed by atoms with Crippen molar-refractivity contribution in [3.63, 3.8) is 0 Å². The van der Waals surface area contributed by atoms with Gasteiger partial charge < -0.3 is 9.30 Å². The topological polar surface area (TPSA) is 31.2 Å². The molecule has 2 heterocycles. The van der Waals surface area contributed by atoms with E-state index >= 15 is 0 Å². The lowest BCUT2D eigenvalue weighted by Gasteiger charge is -2.01. The van der Waals surface area contributed by atoms with Gasteiger partial charge in [0.15, 0.2) is 5.06 Å². The molecule has 0 amide bonds. The van der Waals surface area contributed by atoms with Gasteiger partial charge in [0.25, 0.3) is 0 Å². The third-order valence-corrected chi connectivity index (χ3v) is 2.59. The highest BCUT2D eigenvalue weighted by Crippen LogP contribution is 2.19. The average molecular weight is 207 g/mol. The van der Waals surface area contributed by atoms with Crippen LogP contribution in [0.15, 0.2) is 35.8 Å². The molecule has 4 heteroatoms. The summed E-state index contributed by atoms with van der Waals surface area (Å²) in [6.07, 6.45) is 1.81. The van der Waals surface area contributed by atoms with Gasteiger partial charge in [-0.15, -0.1) is 11.3 Å². The number of carbonyl (C=O) groups excluding carboxylic acids is 1. The molecule has 0 atom stereocenters. The zero-order chi connectivity index (χ0) is 9.97. The number of hydrogen-bond acceptors (Lipinski definition) is 3. The maximum absolute atomic E-state index is 11.6. The molecular formula is C10H9NO2S. The monoisotopic (exact) mass is 207 g/mol. The van der Waals surface area contributed by atoms with E-state index in [0.29, 0.717) is 10.8 Å². The molecule has 3 nitrogen and oxygen atoms in total. The van der Waals surface area contributed by atoms with Crippen LogP contribution in [-0.4, -0.2) is 10.5 Å². The zero-order valence-corrected chi connectivity index (χ0v) is 8.45. The van der Waals surface area contributed by atoms with E-state index in [1.54, 1.807) is 16.7 Å². The van der Waals surface area contributed by atoms with E-state index in [1.165, 1.54) is 11.3 Å². The second-order valence-corrected chi connectivity index (χ2v) is 3.74. The first kappa shape index (κ1) is 9.02. The van der Waals surface area contributed by atoms with Gasteiger partial charge in [-0.3, -0.25) is 0 Å². The molecule has 0 saturated carbocycles. The fourth-order valence-corrected chi connectivity index (χ4v) is 1.71. The molecule has 0 aliphatic rings. The van der Waals surface area contributed by atoms with E-state index in [2.05, 4.69) is 0 Å². The van der Waals surface area contributed by atoms with Crippen LogP contribution in [0.2, 0.25) is 0 Å². The summed E-state index contributed by atoms with van der Waals surface area (Å²) < 4.78 is 6.87. The maximum Gasteiger partial charge on any atom is 0.361 e. The van der Waals surface area contributed by atoms with Crippen LogP contribution in [0.25, 0.3) is 0 Å². The highest BCUT2D eigenvalue weighted by Gasteiger charge is 2.11. The molecule has 0 radical (unpaired) electrons. The van der Waals surface area contributed by atoms with Gasteiger partial charge in [-0.05, 0) is 29.6 Å². The number of hydrogen-bond donors (Lipinski definition) is 0. The standard InChI is InChI=1S/C10H9NO2S/c1-11-6-2-4-8(11)10(12)13-9-5-3-7-14-9/h2-7H,1H3. The number of rotatable bonds is 2. The molecule has 2 aromatic heterocycles. The summed E-state index contributed by atoms with van der Waals surface area (Å²) >= 11 is 1.40. The SMILES string of the molecule is Cn1cccc1C(=O)Oc1cccs1. The van der Waals surface area contributed by atoms with Crippen LogP contribution in [0.1, 0.15) is 10.5 Å². The molecule has 0 aromatic carbocycles. The summed E-state index contributed by atoms with van der Waals surface area (Å²) in [4.78, 5) is 11.6. The van der Waals surface area contributed by atoms with E-state index in [4.69, 9.17) is 4.74 Å². The number of carbonyl (C=O) groups is 1. The summed E-state index contributed by atoms with van der Waals surface area (Å²) in [6.45, 7) is 0. The largest absolute Gasteiger partial charge is 0.411 e. The highest BCUT2D eigenvalue weighted by atomic mass is 32.1. The number of esters is 1. The van der Waals surface area contributed by atoms with Crippen LogP contribution in [0.5, 0.6) is 5.06 Å². The minimum atomic E-state index is -0.319. The van der Waals surface area contributed by atoms with Crippen LogP contribution in [0.4, 0.5) is 0 Å². The van der Waals surface area contributed by atoms with E-state index in [-0.39, 0.29) is 5.97 Å². The molecular weight excluding hydrogens is 198 g/mol. The summed E-state index contributed by atoms with van der Waals surface area (Å²) in [7, 11) is 1.81. The number of aromatic nitrogens is 1. The van der Waals surface area contributed by atoms with Crippen LogP contribution in [-0.2, 0) is 7.05 Å². The minimum absolute atomic E-state index is 0.319. The molecule has 0 spiro atoms. The lowest BCUT2D eigenvalue weighted by atomic mass is 10.4. The van der Waals surface area contributed by atoms with Crippen LogP contribution < -0.4 is 4.74 Å². The predicted octanol–water partition coefficient (Wildman–Crippen LogP) is 2.31. The van der Waals surface area contributed by atoms with Crippen LogP contribution in [0, 0.1) is 0 Å². The Morgan fingerprint density at radius 1 is 1.43 bits per heavy atom. The Morgan fingerprint density at radius 2 is 2.29 bits per heavy atom. The Kier molecular flexibility index (Phi) is 2.37. The van der Waals surface area contributed by atoms with Gasteiger partial charge in [-0.25, -0.2) is 4.79 Å². The van der Waals surface area contributed by atoms with Gasteiger partial charge in [0.2, 0.25) is 0 Å². The number of ether oxygens (including phenoxy) is 1. The molecule has 0 aliphatic heterocycles. The predicted molar refractivity (Wildman–Crippen MR) is 54.7 cm³/mol. The summed E-state index contributed by atoms with van der Waals surface area (Å²) in [5.74, 6) is -0.319. The fraction of sp³-hybridized carbons (Fsp3) is 0.100. The molecule has 2 aromatic rings. The maximum atomic E-state index is 11.6. The molecule has 2 rings (SSSR count). The molecule has 0 saturated heterocycles. The molecule has 0 N–H and O–H groups in total. The van der Waals surface area contributed by atoms with Crippen LogP contribution >= 0.6 is 11.3 Å². The summed E-state index contributed by atoms with van der Waals surface area (Å²) in [6, 6.07) is 7.16. The van der Waals surface area contributed by atoms with Gasteiger partial charge >= 0.3 is 5.97 Å². The van der Waals surface area contributed by atoms with Gasteiger partial charge in [0.1, 0.15) is 5.69 Å². The molecule has 14 heavy (non-hydrogen) atoms. The Hall–Kier alpha value is -1.55. The molecule has 0 aliphatic carbocycles. The van der Waals surface area contributed by atoms with E-state index < -0.39 is 0 Å². The Labute approximate surface area is 85.6 Å². The normalized spacial score (nSPS) is 10.1. The quantitative estimate of drug-likeness (QED) is 0.707. The number of thiophene rings is 1. The highest BCUT2D eigenvalue weighted by molar-refractivity contribution is 7.11. The van der Waals surface area contributed by atoms with Gasteiger partial charge in [0.05, 0.1) is 0 Å². The van der Waals surface area contributed by atoms with Gasteiger partial charge in [-0.1, -0.05) is 0 Å². The zero-order valence-electron chi connectivity index (χ0n) is 7.64. The first-order chi connectivity index (χ1) is 6.77. The van der Waals surface area contributed by atoms with Crippen molar-refractivity contribution in [2.45, 2.75) is 0 Å². The first-order valence-corrected chi connectivity index (χ1v) is 5.02. The summed E-state index contributed by atoms with van der Waals surface area (Å²) in [5, 5.41) is 2.49. The number of aryl methyl sites for hydroxylation is 1. The lowest BCUT2D eigenvalue weighted by Crippen LogP contribution is -2.11.